The Balaban J connectivity index is 2.14. The first-order valence-electron chi connectivity index (χ1n) is 8.25. The third-order valence-corrected chi connectivity index (χ3v) is 6.97. The second-order valence-electron chi connectivity index (χ2n) is 6.47. The summed E-state index contributed by atoms with van der Waals surface area (Å²) >= 11 is 5.96. The molecule has 0 saturated carbocycles. The zero-order chi connectivity index (χ0) is 17.9. The Morgan fingerprint density at radius 2 is 1.52 bits per heavy atom. The maximum absolute atomic E-state index is 5.96. The Kier molecular flexibility index (Phi) is 5.00. The molecule has 122 valence electrons. The van der Waals surface area contributed by atoms with Crippen molar-refractivity contribution < 1.29 is 0 Å². The molecule has 3 rings (SSSR count). The first-order valence-corrected chi connectivity index (χ1v) is 11.6. The predicted molar refractivity (Wildman–Crippen MR) is 112 cm³/mol. The van der Waals surface area contributed by atoms with E-state index in [1.807, 2.05) is 31.2 Å². The first kappa shape index (κ1) is 17.4. The van der Waals surface area contributed by atoms with E-state index in [1.165, 1.54) is 16.0 Å². The molecular weight excluding hydrogens is 340 g/mol. The lowest BCUT2D eigenvalue weighted by atomic mass is 10.0. The van der Waals surface area contributed by atoms with E-state index in [4.69, 9.17) is 11.6 Å². The lowest BCUT2D eigenvalue weighted by Crippen LogP contribution is -2.41. The van der Waals surface area contributed by atoms with Crippen LogP contribution >= 0.6 is 11.6 Å². The number of rotatable bonds is 1. The maximum atomic E-state index is 5.96. The van der Waals surface area contributed by atoms with E-state index in [0.717, 1.165) is 16.1 Å². The van der Waals surface area contributed by atoms with E-state index >= 15 is 0 Å². The molecule has 0 aliphatic carbocycles. The fourth-order valence-corrected chi connectivity index (χ4v) is 5.06. The lowest BCUT2D eigenvalue weighted by Gasteiger charge is -2.19. The highest BCUT2D eigenvalue weighted by Gasteiger charge is 2.24. The molecule has 0 spiro atoms. The molecule has 0 nitrogen and oxygen atoms in total. The van der Waals surface area contributed by atoms with Gasteiger partial charge in [-0.05, 0) is 53.2 Å². The van der Waals surface area contributed by atoms with Crippen LogP contribution in [0.4, 0.5) is 0 Å². The third kappa shape index (κ3) is 3.80. The van der Waals surface area contributed by atoms with Gasteiger partial charge in [0.2, 0.25) is 0 Å². The summed E-state index contributed by atoms with van der Waals surface area (Å²) in [4.78, 5) is 0. The fourth-order valence-electron chi connectivity index (χ4n) is 2.93. The molecule has 0 N–H and O–H groups in total. The summed E-state index contributed by atoms with van der Waals surface area (Å²) in [6, 6.07) is 20.5. The normalized spacial score (nSPS) is 10.6. The summed E-state index contributed by atoms with van der Waals surface area (Å²) in [5, 5.41) is 4.55. The molecule has 25 heavy (non-hydrogen) atoms. The lowest BCUT2D eigenvalue weighted by molar-refractivity contribution is 1.65. The second-order valence-corrected chi connectivity index (χ2v) is 10.9. The third-order valence-electron chi connectivity index (χ3n) is 4.20. The van der Waals surface area contributed by atoms with E-state index in [1.54, 1.807) is 0 Å². The Morgan fingerprint density at radius 1 is 0.840 bits per heavy atom. The van der Waals surface area contributed by atoms with Gasteiger partial charge in [-0.15, -0.1) is 11.5 Å². The fraction of sp³-hybridized carbons (Fsp3) is 0.130. The van der Waals surface area contributed by atoms with Crippen molar-refractivity contribution in [1.29, 1.82) is 0 Å². The van der Waals surface area contributed by atoms with Crippen LogP contribution in [0.15, 0.2) is 60.7 Å². The van der Waals surface area contributed by atoms with Crippen molar-refractivity contribution in [1.82, 2.24) is 0 Å². The number of hydrogen-bond acceptors (Lipinski definition) is 0. The molecule has 0 heterocycles. The predicted octanol–water partition coefficient (Wildman–Crippen LogP) is 5.37. The highest BCUT2D eigenvalue weighted by Crippen LogP contribution is 2.20. The van der Waals surface area contributed by atoms with E-state index in [9.17, 15) is 0 Å². The quantitative estimate of drug-likeness (QED) is 0.405. The molecule has 0 amide bonds. The zero-order valence-corrected chi connectivity index (χ0v) is 16.4. The van der Waals surface area contributed by atoms with E-state index < -0.39 is 8.07 Å². The Bertz CT molecular complexity index is 1030. The molecule has 0 aliphatic heterocycles. The minimum atomic E-state index is -1.96. The van der Waals surface area contributed by atoms with Crippen LogP contribution in [0.3, 0.4) is 0 Å². The average molecular weight is 359 g/mol. The number of hydrogen-bond donors (Lipinski definition) is 0. The molecule has 0 bridgehead atoms. The molecule has 3 aromatic rings. The van der Waals surface area contributed by atoms with Crippen molar-refractivity contribution in [2.45, 2.75) is 20.0 Å². The van der Waals surface area contributed by atoms with Crippen LogP contribution in [0.5, 0.6) is 0 Å². The van der Waals surface area contributed by atoms with Gasteiger partial charge in [-0.3, -0.25) is 0 Å². The van der Waals surface area contributed by atoms with Crippen molar-refractivity contribution >= 4 is 35.6 Å². The van der Waals surface area contributed by atoms with Crippen LogP contribution in [0, 0.1) is 23.3 Å². The van der Waals surface area contributed by atoms with Gasteiger partial charge in [0.25, 0.3) is 0 Å². The van der Waals surface area contributed by atoms with Crippen molar-refractivity contribution in [2.75, 3.05) is 0 Å². The van der Waals surface area contributed by atoms with E-state index in [0.29, 0.717) is 0 Å². The second kappa shape index (κ2) is 7.20. The van der Waals surface area contributed by atoms with Crippen LogP contribution < -0.4 is 5.19 Å². The van der Waals surface area contributed by atoms with Gasteiger partial charge in [-0.25, -0.2) is 0 Å². The average Bonchev–Trinajstić information content (AvgIpc) is 2.61. The van der Waals surface area contributed by atoms with Crippen LogP contribution in [0.25, 0.3) is 10.8 Å². The van der Waals surface area contributed by atoms with Crippen LogP contribution in [0.2, 0.25) is 18.1 Å². The number of benzene rings is 3. The van der Waals surface area contributed by atoms with Crippen LogP contribution in [-0.2, 0) is 0 Å². The Morgan fingerprint density at radius 3 is 2.20 bits per heavy atom. The minimum Gasteiger partial charge on any atom is -0.121 e. The smallest absolute Gasteiger partial charge is 0.121 e. The van der Waals surface area contributed by atoms with Gasteiger partial charge in [0.05, 0.1) is 0 Å². The van der Waals surface area contributed by atoms with Gasteiger partial charge in [-0.2, -0.15) is 0 Å². The molecule has 0 atom stereocenters. The molecule has 0 aromatic heterocycles. The number of halogens is 1. The summed E-state index contributed by atoms with van der Waals surface area (Å²) in [6.45, 7) is 6.46. The Labute approximate surface area is 155 Å². The largest absolute Gasteiger partial charge is 0.163 e. The van der Waals surface area contributed by atoms with Gasteiger partial charge < -0.3 is 0 Å². The van der Waals surface area contributed by atoms with E-state index in [-0.39, 0.29) is 0 Å². The summed E-state index contributed by atoms with van der Waals surface area (Å²) in [6.07, 6.45) is 0. The standard InChI is InChI=1S/C23H19ClSi/c1-4-7-19-8-5-9-20-10-6-11-22(23(19)20)25(2,3)17-16-18-12-14-21(24)15-13-18/h5-6,8-15H,1-3H3. The summed E-state index contributed by atoms with van der Waals surface area (Å²) in [5.41, 5.74) is 5.66. The van der Waals surface area contributed by atoms with Crippen molar-refractivity contribution in [2.24, 2.45) is 0 Å². The highest BCUT2D eigenvalue weighted by atomic mass is 35.5. The molecule has 0 aliphatic rings. The molecule has 0 saturated heterocycles. The van der Waals surface area contributed by atoms with Crippen molar-refractivity contribution in [3.05, 3.63) is 76.8 Å². The Hall–Kier alpha value is -2.45. The molecule has 0 fully saturated rings. The first-order chi connectivity index (χ1) is 12.0. The topological polar surface area (TPSA) is 0 Å². The van der Waals surface area contributed by atoms with Gasteiger partial charge >= 0.3 is 0 Å². The summed E-state index contributed by atoms with van der Waals surface area (Å²) in [5.74, 6) is 9.63. The molecule has 0 unspecified atom stereocenters. The van der Waals surface area contributed by atoms with E-state index in [2.05, 4.69) is 72.8 Å². The van der Waals surface area contributed by atoms with Crippen molar-refractivity contribution in [3.63, 3.8) is 0 Å². The SMILES string of the molecule is CC#Cc1cccc2cccc([Si](C)(C)C#Cc3ccc(Cl)cc3)c12. The van der Waals surface area contributed by atoms with Gasteiger partial charge in [0.15, 0.2) is 8.07 Å². The van der Waals surface area contributed by atoms with Crippen molar-refractivity contribution in [3.8, 4) is 23.3 Å². The highest BCUT2D eigenvalue weighted by molar-refractivity contribution is 6.98. The van der Waals surface area contributed by atoms with Gasteiger partial charge in [-0.1, -0.05) is 66.9 Å². The zero-order valence-electron chi connectivity index (χ0n) is 14.7. The minimum absolute atomic E-state index is 0.735. The van der Waals surface area contributed by atoms with Gasteiger partial charge in [0, 0.05) is 16.1 Å². The molecule has 3 aromatic carbocycles. The molecular formula is C23H19ClSi. The molecule has 2 heteroatoms. The summed E-state index contributed by atoms with van der Waals surface area (Å²) < 4.78 is 0. The van der Waals surface area contributed by atoms with Crippen LogP contribution in [0.1, 0.15) is 18.1 Å². The maximum Gasteiger partial charge on any atom is 0.163 e. The number of fused-ring (bicyclic) bond motifs is 1. The molecule has 0 radical (unpaired) electrons. The summed E-state index contributed by atoms with van der Waals surface area (Å²) in [7, 11) is -1.96. The van der Waals surface area contributed by atoms with Gasteiger partial charge in [0.1, 0.15) is 0 Å². The monoisotopic (exact) mass is 358 g/mol. The van der Waals surface area contributed by atoms with Crippen LogP contribution in [-0.4, -0.2) is 8.07 Å².